The molecule has 0 radical (unpaired) electrons. The second kappa shape index (κ2) is 6.54. The summed E-state index contributed by atoms with van der Waals surface area (Å²) in [6.07, 6.45) is 4.88. The number of amides is 1. The zero-order chi connectivity index (χ0) is 17.4. The van der Waals surface area contributed by atoms with Gasteiger partial charge in [-0.2, -0.15) is 0 Å². The maximum Gasteiger partial charge on any atom is 0.265 e. The van der Waals surface area contributed by atoms with Gasteiger partial charge in [0, 0.05) is 24.6 Å². The van der Waals surface area contributed by atoms with Crippen molar-refractivity contribution < 1.29 is 9.90 Å². The van der Waals surface area contributed by atoms with E-state index in [1.54, 1.807) is 0 Å². The number of fused-ring (bicyclic) bond motifs is 1. The number of hydrogen-bond donors (Lipinski definition) is 1. The lowest BCUT2D eigenvalue weighted by Crippen LogP contribution is -2.54. The van der Waals surface area contributed by atoms with Crippen molar-refractivity contribution in [1.82, 2.24) is 9.88 Å². The minimum atomic E-state index is -0.549. The third-order valence-corrected chi connectivity index (χ3v) is 6.92. The van der Waals surface area contributed by atoms with Crippen molar-refractivity contribution in [3.63, 3.8) is 0 Å². The summed E-state index contributed by atoms with van der Waals surface area (Å²) in [7, 11) is 0. The van der Waals surface area contributed by atoms with Gasteiger partial charge in [-0.25, -0.2) is 4.98 Å². The Hall–Kier alpha value is -1.72. The maximum absolute atomic E-state index is 13.1. The molecule has 1 saturated heterocycles. The van der Waals surface area contributed by atoms with Gasteiger partial charge < -0.3 is 10.0 Å². The number of aryl methyl sites for hydroxylation is 1. The fourth-order valence-corrected chi connectivity index (χ4v) is 5.24. The van der Waals surface area contributed by atoms with Crippen LogP contribution in [0.25, 0.3) is 10.6 Å². The highest BCUT2D eigenvalue weighted by Gasteiger charge is 2.44. The van der Waals surface area contributed by atoms with Crippen LogP contribution in [-0.2, 0) is 0 Å². The molecule has 2 atom stereocenters. The van der Waals surface area contributed by atoms with Crippen LogP contribution in [0, 0.1) is 12.8 Å². The number of hydrogen-bond acceptors (Lipinski definition) is 4. The SMILES string of the molecule is Cc1nc(-c2ccccc2)sc1C(=O)N1CCC2(O)CCCCC2C1. The van der Waals surface area contributed by atoms with E-state index >= 15 is 0 Å². The van der Waals surface area contributed by atoms with Gasteiger partial charge >= 0.3 is 0 Å². The van der Waals surface area contributed by atoms with Crippen LogP contribution < -0.4 is 0 Å². The summed E-state index contributed by atoms with van der Waals surface area (Å²) in [6.45, 7) is 3.23. The van der Waals surface area contributed by atoms with E-state index in [2.05, 4.69) is 4.98 Å². The number of carbonyl (C=O) groups excluding carboxylic acids is 1. The fourth-order valence-electron chi connectivity index (χ4n) is 4.20. The second-order valence-electron chi connectivity index (χ2n) is 7.35. The van der Waals surface area contributed by atoms with E-state index in [1.807, 2.05) is 42.2 Å². The molecule has 1 aromatic carbocycles. The fraction of sp³-hybridized carbons (Fsp3) is 0.500. The number of nitrogens with zero attached hydrogens (tertiary/aromatic N) is 2. The van der Waals surface area contributed by atoms with Gasteiger partial charge in [0.25, 0.3) is 5.91 Å². The van der Waals surface area contributed by atoms with Gasteiger partial charge in [-0.05, 0) is 26.2 Å². The largest absolute Gasteiger partial charge is 0.389 e. The van der Waals surface area contributed by atoms with Crippen molar-refractivity contribution in [3.05, 3.63) is 40.9 Å². The number of thiazole rings is 1. The Bertz CT molecular complexity index is 773. The third kappa shape index (κ3) is 3.11. The Kier molecular flexibility index (Phi) is 4.38. The quantitative estimate of drug-likeness (QED) is 0.888. The number of piperidine rings is 1. The number of aromatic nitrogens is 1. The molecule has 132 valence electrons. The van der Waals surface area contributed by atoms with Gasteiger partial charge in [0.1, 0.15) is 9.88 Å². The molecule has 2 unspecified atom stereocenters. The molecule has 25 heavy (non-hydrogen) atoms. The van der Waals surface area contributed by atoms with Crippen LogP contribution in [0.1, 0.15) is 47.5 Å². The smallest absolute Gasteiger partial charge is 0.265 e. The van der Waals surface area contributed by atoms with Crippen LogP contribution in [0.4, 0.5) is 0 Å². The molecular formula is C20H24N2O2S. The van der Waals surface area contributed by atoms with Crippen molar-refractivity contribution in [2.24, 2.45) is 5.92 Å². The van der Waals surface area contributed by atoms with Crippen LogP contribution in [0.5, 0.6) is 0 Å². The molecule has 0 spiro atoms. The molecule has 1 amide bonds. The molecular weight excluding hydrogens is 332 g/mol. The Balaban J connectivity index is 1.55. The van der Waals surface area contributed by atoms with Crippen LogP contribution in [-0.4, -0.2) is 39.6 Å². The van der Waals surface area contributed by atoms with Gasteiger partial charge in [-0.1, -0.05) is 43.2 Å². The number of carbonyl (C=O) groups is 1. The molecule has 5 heteroatoms. The predicted octanol–water partition coefficient (Wildman–Crippen LogP) is 3.89. The summed E-state index contributed by atoms with van der Waals surface area (Å²) in [5.41, 5.74) is 1.31. The molecule has 2 aliphatic rings. The zero-order valence-corrected chi connectivity index (χ0v) is 15.4. The number of aliphatic hydroxyl groups is 1. The van der Waals surface area contributed by atoms with E-state index in [1.165, 1.54) is 11.3 Å². The van der Waals surface area contributed by atoms with E-state index in [0.717, 1.165) is 46.8 Å². The monoisotopic (exact) mass is 356 g/mol. The highest BCUT2D eigenvalue weighted by Crippen LogP contribution is 2.40. The summed E-state index contributed by atoms with van der Waals surface area (Å²) < 4.78 is 0. The van der Waals surface area contributed by atoms with Crippen molar-refractivity contribution in [1.29, 1.82) is 0 Å². The Labute approximate surface area is 152 Å². The molecule has 0 bridgehead atoms. The first-order chi connectivity index (χ1) is 12.1. The molecule has 2 fully saturated rings. The normalized spacial score (nSPS) is 26.3. The molecule has 1 N–H and O–H groups in total. The van der Waals surface area contributed by atoms with E-state index in [0.29, 0.717) is 19.5 Å². The average molecular weight is 356 g/mol. The van der Waals surface area contributed by atoms with Crippen molar-refractivity contribution in [2.75, 3.05) is 13.1 Å². The summed E-state index contributed by atoms with van der Waals surface area (Å²) in [4.78, 5) is 20.3. The minimum absolute atomic E-state index is 0.0739. The maximum atomic E-state index is 13.1. The molecule has 4 nitrogen and oxygen atoms in total. The Morgan fingerprint density at radius 3 is 2.88 bits per heavy atom. The van der Waals surface area contributed by atoms with Crippen molar-refractivity contribution in [2.45, 2.75) is 44.6 Å². The van der Waals surface area contributed by atoms with Gasteiger partial charge in [-0.3, -0.25) is 4.79 Å². The molecule has 1 aliphatic carbocycles. The average Bonchev–Trinajstić information content (AvgIpc) is 3.03. The van der Waals surface area contributed by atoms with E-state index < -0.39 is 5.60 Å². The molecule has 2 aromatic rings. The Morgan fingerprint density at radius 2 is 2.08 bits per heavy atom. The van der Waals surface area contributed by atoms with Crippen LogP contribution in [0.15, 0.2) is 30.3 Å². The number of rotatable bonds is 2. The minimum Gasteiger partial charge on any atom is -0.389 e. The first kappa shape index (κ1) is 16.7. The van der Waals surface area contributed by atoms with Gasteiger partial charge in [0.2, 0.25) is 0 Å². The first-order valence-electron chi connectivity index (χ1n) is 9.11. The summed E-state index contributed by atoms with van der Waals surface area (Å²) in [5, 5.41) is 11.7. The second-order valence-corrected chi connectivity index (χ2v) is 8.35. The van der Waals surface area contributed by atoms with Gasteiger partial charge in [0.05, 0.1) is 11.3 Å². The number of likely N-dealkylation sites (tertiary alicyclic amines) is 1. The lowest BCUT2D eigenvalue weighted by atomic mass is 9.71. The molecule has 2 heterocycles. The van der Waals surface area contributed by atoms with Crippen LogP contribution in [0.3, 0.4) is 0 Å². The predicted molar refractivity (Wildman–Crippen MR) is 99.7 cm³/mol. The van der Waals surface area contributed by atoms with E-state index in [9.17, 15) is 9.90 Å². The molecule has 4 rings (SSSR count). The Morgan fingerprint density at radius 1 is 1.28 bits per heavy atom. The van der Waals surface area contributed by atoms with Gasteiger partial charge in [0.15, 0.2) is 0 Å². The molecule has 1 aromatic heterocycles. The zero-order valence-electron chi connectivity index (χ0n) is 14.6. The number of benzene rings is 1. The van der Waals surface area contributed by atoms with Gasteiger partial charge in [-0.15, -0.1) is 11.3 Å². The third-order valence-electron chi connectivity index (χ3n) is 5.73. The summed E-state index contributed by atoms with van der Waals surface area (Å²) in [5.74, 6) is 0.297. The van der Waals surface area contributed by atoms with E-state index in [4.69, 9.17) is 0 Å². The lowest BCUT2D eigenvalue weighted by Gasteiger charge is -2.47. The first-order valence-corrected chi connectivity index (χ1v) is 9.93. The van der Waals surface area contributed by atoms with Crippen molar-refractivity contribution >= 4 is 17.2 Å². The summed E-state index contributed by atoms with van der Waals surface area (Å²) >= 11 is 1.48. The molecule has 1 aliphatic heterocycles. The van der Waals surface area contributed by atoms with Crippen LogP contribution in [0.2, 0.25) is 0 Å². The standard InChI is InChI=1S/C20H24N2O2S/c1-14-17(25-18(21-14)15-7-3-2-4-8-15)19(23)22-12-11-20(24)10-6-5-9-16(20)13-22/h2-4,7-8,16,24H,5-6,9-13H2,1H3. The summed E-state index contributed by atoms with van der Waals surface area (Å²) in [6, 6.07) is 10.0. The lowest BCUT2D eigenvalue weighted by molar-refractivity contribution is -0.0885. The van der Waals surface area contributed by atoms with Crippen molar-refractivity contribution in [3.8, 4) is 10.6 Å². The highest BCUT2D eigenvalue weighted by atomic mass is 32.1. The van der Waals surface area contributed by atoms with E-state index in [-0.39, 0.29) is 11.8 Å². The van der Waals surface area contributed by atoms with Crippen LogP contribution >= 0.6 is 11.3 Å². The highest BCUT2D eigenvalue weighted by molar-refractivity contribution is 7.17. The molecule has 1 saturated carbocycles. The topological polar surface area (TPSA) is 53.4 Å².